The van der Waals surface area contributed by atoms with E-state index >= 15 is 0 Å². The standard InChI is InChI=1S/C14H19F3N2O2S/c1-10(8-11-2-7-22-9-11)18-12(20)19-5-3-13(21,4-6-19)14(15,16)17/h2,7,9-10,21H,3-6,8H2,1H3,(H,18,20). The van der Waals surface area contributed by atoms with Gasteiger partial charge in [0.2, 0.25) is 0 Å². The molecule has 0 radical (unpaired) electrons. The second-order valence-electron chi connectivity index (χ2n) is 5.70. The van der Waals surface area contributed by atoms with Crippen molar-refractivity contribution >= 4 is 17.4 Å². The van der Waals surface area contributed by atoms with E-state index in [-0.39, 0.29) is 25.2 Å². The molecule has 1 unspecified atom stereocenters. The molecule has 0 bridgehead atoms. The largest absolute Gasteiger partial charge is 0.417 e. The van der Waals surface area contributed by atoms with Crippen molar-refractivity contribution in [2.45, 2.75) is 44.0 Å². The van der Waals surface area contributed by atoms with Crippen LogP contribution in [0.25, 0.3) is 0 Å². The van der Waals surface area contributed by atoms with Gasteiger partial charge in [0.05, 0.1) is 0 Å². The number of alkyl halides is 3. The van der Waals surface area contributed by atoms with Crippen LogP contribution in [0.15, 0.2) is 16.8 Å². The van der Waals surface area contributed by atoms with Crippen LogP contribution in [-0.2, 0) is 6.42 Å². The number of urea groups is 1. The van der Waals surface area contributed by atoms with Crippen molar-refractivity contribution in [3.63, 3.8) is 0 Å². The Bertz CT molecular complexity index is 497. The Balaban J connectivity index is 1.82. The third-order valence-electron chi connectivity index (χ3n) is 3.90. The van der Waals surface area contributed by atoms with E-state index in [0.29, 0.717) is 6.42 Å². The minimum Gasteiger partial charge on any atom is -0.380 e. The van der Waals surface area contributed by atoms with Crippen molar-refractivity contribution in [1.29, 1.82) is 0 Å². The van der Waals surface area contributed by atoms with Crippen LogP contribution in [0, 0.1) is 0 Å². The lowest BCUT2D eigenvalue weighted by atomic mass is 9.91. The summed E-state index contributed by atoms with van der Waals surface area (Å²) < 4.78 is 38.1. The summed E-state index contributed by atoms with van der Waals surface area (Å²) >= 11 is 1.57. The number of piperidine rings is 1. The maximum absolute atomic E-state index is 12.7. The zero-order valence-electron chi connectivity index (χ0n) is 12.2. The minimum atomic E-state index is -4.65. The van der Waals surface area contributed by atoms with Gasteiger partial charge >= 0.3 is 12.2 Å². The fourth-order valence-electron chi connectivity index (χ4n) is 2.48. The molecule has 1 aromatic rings. The topological polar surface area (TPSA) is 52.6 Å². The molecule has 0 spiro atoms. The number of aliphatic hydroxyl groups is 1. The first-order valence-corrected chi connectivity index (χ1v) is 8.01. The number of halogens is 3. The summed E-state index contributed by atoms with van der Waals surface area (Å²) in [4.78, 5) is 13.4. The molecule has 8 heteroatoms. The van der Waals surface area contributed by atoms with Gasteiger partial charge in [-0.05, 0) is 35.7 Å². The molecule has 2 heterocycles. The molecule has 2 amide bonds. The van der Waals surface area contributed by atoms with Gasteiger partial charge in [0.1, 0.15) is 0 Å². The lowest BCUT2D eigenvalue weighted by molar-refractivity contribution is -0.271. The smallest absolute Gasteiger partial charge is 0.380 e. The van der Waals surface area contributed by atoms with Gasteiger partial charge in [-0.25, -0.2) is 4.79 Å². The highest BCUT2D eigenvalue weighted by Crippen LogP contribution is 2.38. The van der Waals surface area contributed by atoms with E-state index in [1.165, 1.54) is 4.90 Å². The molecular formula is C14H19F3N2O2S. The van der Waals surface area contributed by atoms with Gasteiger partial charge in [-0.15, -0.1) is 0 Å². The molecule has 124 valence electrons. The highest BCUT2D eigenvalue weighted by atomic mass is 32.1. The molecule has 0 saturated carbocycles. The lowest BCUT2D eigenvalue weighted by Gasteiger charge is -2.39. The Morgan fingerprint density at radius 1 is 1.50 bits per heavy atom. The van der Waals surface area contributed by atoms with Crippen LogP contribution in [-0.4, -0.2) is 46.9 Å². The summed E-state index contributed by atoms with van der Waals surface area (Å²) in [5.41, 5.74) is -1.56. The summed E-state index contributed by atoms with van der Waals surface area (Å²) in [6.45, 7) is 1.64. The molecule has 1 aliphatic heterocycles. The number of thiophene rings is 1. The number of nitrogens with zero attached hydrogens (tertiary/aromatic N) is 1. The lowest BCUT2D eigenvalue weighted by Crippen LogP contribution is -2.56. The van der Waals surface area contributed by atoms with Crippen molar-refractivity contribution < 1.29 is 23.1 Å². The average molecular weight is 336 g/mol. The summed E-state index contributed by atoms with van der Waals surface area (Å²) in [5, 5.41) is 16.3. The molecule has 2 rings (SSSR count). The quantitative estimate of drug-likeness (QED) is 0.892. The SMILES string of the molecule is CC(Cc1ccsc1)NC(=O)N1CCC(O)(C(F)(F)F)CC1. The van der Waals surface area contributed by atoms with Crippen molar-refractivity contribution in [3.8, 4) is 0 Å². The molecule has 1 aromatic heterocycles. The Labute approximate surface area is 130 Å². The molecule has 1 aliphatic rings. The molecular weight excluding hydrogens is 317 g/mol. The molecule has 0 aromatic carbocycles. The minimum absolute atomic E-state index is 0.104. The van der Waals surface area contributed by atoms with Gasteiger partial charge in [-0.3, -0.25) is 0 Å². The van der Waals surface area contributed by atoms with Gasteiger partial charge in [-0.2, -0.15) is 24.5 Å². The molecule has 1 fully saturated rings. The summed E-state index contributed by atoms with van der Waals surface area (Å²) in [6.07, 6.45) is -4.94. The van der Waals surface area contributed by atoms with E-state index in [9.17, 15) is 23.1 Å². The van der Waals surface area contributed by atoms with E-state index in [1.807, 2.05) is 23.8 Å². The van der Waals surface area contributed by atoms with Crippen LogP contribution >= 0.6 is 11.3 Å². The van der Waals surface area contributed by atoms with E-state index < -0.39 is 24.6 Å². The number of nitrogens with one attached hydrogen (secondary N) is 1. The van der Waals surface area contributed by atoms with E-state index in [0.717, 1.165) is 5.56 Å². The number of hydrogen-bond donors (Lipinski definition) is 2. The number of hydrogen-bond acceptors (Lipinski definition) is 3. The van der Waals surface area contributed by atoms with Gasteiger partial charge in [-0.1, -0.05) is 0 Å². The summed E-state index contributed by atoms with van der Waals surface area (Å²) in [5.74, 6) is 0. The first kappa shape index (κ1) is 17.1. The van der Waals surface area contributed by atoms with E-state index in [1.54, 1.807) is 11.3 Å². The fourth-order valence-corrected chi connectivity index (χ4v) is 3.16. The number of amides is 2. The van der Waals surface area contributed by atoms with E-state index in [2.05, 4.69) is 5.32 Å². The summed E-state index contributed by atoms with van der Waals surface area (Å²) in [6, 6.07) is 1.48. The van der Waals surface area contributed by atoms with Crippen molar-refractivity contribution in [2.75, 3.05) is 13.1 Å². The maximum atomic E-state index is 12.7. The maximum Gasteiger partial charge on any atom is 0.417 e. The van der Waals surface area contributed by atoms with Crippen molar-refractivity contribution in [1.82, 2.24) is 10.2 Å². The second kappa shape index (κ2) is 6.45. The van der Waals surface area contributed by atoms with Crippen LogP contribution in [0.4, 0.5) is 18.0 Å². The molecule has 2 N–H and O–H groups in total. The normalized spacial score (nSPS) is 19.8. The number of carbonyl (C=O) groups excluding carboxylic acids is 1. The molecule has 4 nitrogen and oxygen atoms in total. The Hall–Kier alpha value is -1.28. The molecule has 1 atom stereocenters. The first-order valence-electron chi connectivity index (χ1n) is 7.07. The van der Waals surface area contributed by atoms with Gasteiger partial charge in [0.25, 0.3) is 0 Å². The monoisotopic (exact) mass is 336 g/mol. The molecule has 22 heavy (non-hydrogen) atoms. The second-order valence-corrected chi connectivity index (χ2v) is 6.48. The van der Waals surface area contributed by atoms with Crippen molar-refractivity contribution in [3.05, 3.63) is 22.4 Å². The van der Waals surface area contributed by atoms with Crippen LogP contribution in [0.5, 0.6) is 0 Å². The van der Waals surface area contributed by atoms with E-state index in [4.69, 9.17) is 0 Å². The third kappa shape index (κ3) is 3.92. The highest BCUT2D eigenvalue weighted by Gasteiger charge is 2.54. The van der Waals surface area contributed by atoms with Gasteiger partial charge < -0.3 is 15.3 Å². The first-order chi connectivity index (χ1) is 10.2. The number of carbonyl (C=O) groups is 1. The third-order valence-corrected chi connectivity index (χ3v) is 4.63. The van der Waals surface area contributed by atoms with Crippen molar-refractivity contribution in [2.24, 2.45) is 0 Å². The molecule has 0 aliphatic carbocycles. The van der Waals surface area contributed by atoms with Gasteiger partial charge in [0, 0.05) is 32.0 Å². The average Bonchev–Trinajstić information content (AvgIpc) is 2.90. The van der Waals surface area contributed by atoms with Crippen LogP contribution < -0.4 is 5.32 Å². The van der Waals surface area contributed by atoms with Crippen LogP contribution in [0.1, 0.15) is 25.3 Å². The van der Waals surface area contributed by atoms with Crippen LogP contribution in [0.2, 0.25) is 0 Å². The fraction of sp³-hybridized carbons (Fsp3) is 0.643. The highest BCUT2D eigenvalue weighted by molar-refractivity contribution is 7.07. The molecule has 1 saturated heterocycles. The number of rotatable bonds is 3. The van der Waals surface area contributed by atoms with Crippen LogP contribution in [0.3, 0.4) is 0 Å². The summed E-state index contributed by atoms with van der Waals surface area (Å²) in [7, 11) is 0. The number of likely N-dealkylation sites (tertiary alicyclic amines) is 1. The van der Waals surface area contributed by atoms with Gasteiger partial charge in [0.15, 0.2) is 5.60 Å². The zero-order chi connectivity index (χ0) is 16.4. The Kier molecular flexibility index (Phi) is 5.01. The zero-order valence-corrected chi connectivity index (χ0v) is 13.0. The predicted octanol–water partition coefficient (Wildman–Crippen LogP) is 2.78. The predicted molar refractivity (Wildman–Crippen MR) is 77.8 cm³/mol. The Morgan fingerprint density at radius 2 is 2.14 bits per heavy atom. The Morgan fingerprint density at radius 3 is 2.64 bits per heavy atom.